The Bertz CT molecular complexity index is 524. The second-order valence-corrected chi connectivity index (χ2v) is 5.21. The van der Waals surface area contributed by atoms with Crippen LogP contribution in [-0.4, -0.2) is 16.2 Å². The lowest BCUT2D eigenvalue weighted by Gasteiger charge is -2.26. The molecular formula is C15H16O3. The van der Waals surface area contributed by atoms with E-state index in [1.54, 1.807) is 6.08 Å². The fourth-order valence-electron chi connectivity index (χ4n) is 3.33. The van der Waals surface area contributed by atoms with Crippen LogP contribution in [-0.2, 0) is 4.79 Å². The minimum atomic E-state index is -0.784. The first kappa shape index (κ1) is 11.5. The van der Waals surface area contributed by atoms with Crippen molar-refractivity contribution in [3.05, 3.63) is 41.5 Å². The van der Waals surface area contributed by atoms with Crippen molar-refractivity contribution in [2.45, 2.75) is 31.8 Å². The van der Waals surface area contributed by atoms with Crippen LogP contribution in [0.5, 0.6) is 0 Å². The van der Waals surface area contributed by atoms with Crippen LogP contribution in [0.4, 0.5) is 0 Å². The van der Waals surface area contributed by atoms with Gasteiger partial charge in [0, 0.05) is 0 Å². The van der Waals surface area contributed by atoms with Gasteiger partial charge in [0.2, 0.25) is 0 Å². The smallest absolute Gasteiger partial charge is 0.314 e. The SMILES string of the molecule is O=C(O)C1(C2=CC(O)c3ccccc32)CCCC1. The highest BCUT2D eigenvalue weighted by Crippen LogP contribution is 2.52. The Hall–Kier alpha value is -1.61. The molecule has 3 heteroatoms. The topological polar surface area (TPSA) is 57.5 Å². The average molecular weight is 244 g/mol. The largest absolute Gasteiger partial charge is 0.481 e. The molecule has 1 aromatic carbocycles. The molecule has 2 N–H and O–H groups in total. The Morgan fingerprint density at radius 2 is 1.89 bits per heavy atom. The molecule has 0 spiro atoms. The van der Waals surface area contributed by atoms with Gasteiger partial charge in [0.1, 0.15) is 0 Å². The molecule has 1 aromatic rings. The van der Waals surface area contributed by atoms with Crippen LogP contribution in [0.25, 0.3) is 5.57 Å². The third-order valence-corrected chi connectivity index (χ3v) is 4.28. The van der Waals surface area contributed by atoms with E-state index in [1.165, 1.54) is 0 Å². The average Bonchev–Trinajstić information content (AvgIpc) is 2.96. The number of aliphatic hydroxyl groups is 1. The summed E-state index contributed by atoms with van der Waals surface area (Å²) in [6.07, 6.45) is 4.31. The minimum absolute atomic E-state index is 0.659. The lowest BCUT2D eigenvalue weighted by molar-refractivity contribution is -0.145. The molecule has 0 radical (unpaired) electrons. The number of hydrogen-bond donors (Lipinski definition) is 2. The summed E-state index contributed by atoms with van der Waals surface area (Å²) in [6.45, 7) is 0. The van der Waals surface area contributed by atoms with Gasteiger partial charge < -0.3 is 10.2 Å². The molecule has 1 fully saturated rings. The molecule has 18 heavy (non-hydrogen) atoms. The Labute approximate surface area is 106 Å². The van der Waals surface area contributed by atoms with Gasteiger partial charge in [-0.15, -0.1) is 0 Å². The van der Waals surface area contributed by atoms with Crippen LogP contribution in [0.3, 0.4) is 0 Å². The van der Waals surface area contributed by atoms with Crippen molar-refractivity contribution in [2.75, 3.05) is 0 Å². The summed E-state index contributed by atoms with van der Waals surface area (Å²) in [7, 11) is 0. The highest BCUT2D eigenvalue weighted by Gasteiger charge is 2.47. The summed E-state index contributed by atoms with van der Waals surface area (Å²) in [5.41, 5.74) is 1.78. The van der Waals surface area contributed by atoms with E-state index < -0.39 is 17.5 Å². The van der Waals surface area contributed by atoms with Gasteiger partial charge in [-0.2, -0.15) is 0 Å². The second kappa shape index (κ2) is 3.95. The van der Waals surface area contributed by atoms with Crippen LogP contribution in [0.15, 0.2) is 30.3 Å². The van der Waals surface area contributed by atoms with Gasteiger partial charge in [0.25, 0.3) is 0 Å². The first-order chi connectivity index (χ1) is 8.65. The van der Waals surface area contributed by atoms with Crippen molar-refractivity contribution < 1.29 is 15.0 Å². The number of hydrogen-bond acceptors (Lipinski definition) is 2. The number of rotatable bonds is 2. The van der Waals surface area contributed by atoms with Gasteiger partial charge in [0.15, 0.2) is 0 Å². The van der Waals surface area contributed by atoms with Crippen LogP contribution in [0.2, 0.25) is 0 Å². The maximum absolute atomic E-state index is 11.7. The monoisotopic (exact) mass is 244 g/mol. The maximum Gasteiger partial charge on any atom is 0.314 e. The van der Waals surface area contributed by atoms with Crippen molar-refractivity contribution in [2.24, 2.45) is 5.41 Å². The van der Waals surface area contributed by atoms with Gasteiger partial charge in [0.05, 0.1) is 11.5 Å². The van der Waals surface area contributed by atoms with E-state index in [0.717, 1.165) is 29.5 Å². The second-order valence-electron chi connectivity index (χ2n) is 5.21. The van der Waals surface area contributed by atoms with Crippen molar-refractivity contribution in [3.8, 4) is 0 Å². The van der Waals surface area contributed by atoms with Gasteiger partial charge in [-0.1, -0.05) is 37.1 Å². The van der Waals surface area contributed by atoms with Gasteiger partial charge in [-0.05, 0) is 35.6 Å². The number of carboxylic acid groups (broad SMARTS) is 1. The number of aliphatic carboxylic acids is 1. The zero-order valence-electron chi connectivity index (χ0n) is 10.1. The summed E-state index contributed by atoms with van der Waals surface area (Å²) in [5, 5.41) is 19.7. The summed E-state index contributed by atoms with van der Waals surface area (Å²) in [5.74, 6) is -0.754. The molecule has 2 aliphatic rings. The Morgan fingerprint density at radius 3 is 2.56 bits per heavy atom. The number of carbonyl (C=O) groups is 1. The molecule has 0 aliphatic heterocycles. The van der Waals surface area contributed by atoms with Gasteiger partial charge in [-0.3, -0.25) is 4.79 Å². The van der Waals surface area contributed by atoms with Crippen molar-refractivity contribution in [1.29, 1.82) is 0 Å². The predicted molar refractivity (Wildman–Crippen MR) is 67.9 cm³/mol. The first-order valence-corrected chi connectivity index (χ1v) is 6.38. The third-order valence-electron chi connectivity index (χ3n) is 4.28. The van der Waals surface area contributed by atoms with Gasteiger partial charge >= 0.3 is 5.97 Å². The molecular weight excluding hydrogens is 228 g/mol. The molecule has 0 aromatic heterocycles. The van der Waals surface area contributed by atoms with E-state index in [1.807, 2.05) is 24.3 Å². The Kier molecular flexibility index (Phi) is 2.52. The number of aliphatic hydroxyl groups excluding tert-OH is 1. The number of fused-ring (bicyclic) bond motifs is 1. The fourth-order valence-corrected chi connectivity index (χ4v) is 3.33. The molecule has 94 valence electrons. The molecule has 0 heterocycles. The van der Waals surface area contributed by atoms with E-state index in [-0.39, 0.29) is 0 Å². The lowest BCUT2D eigenvalue weighted by atomic mass is 9.76. The third kappa shape index (κ3) is 1.44. The molecule has 2 aliphatic carbocycles. The molecule has 3 rings (SSSR count). The zero-order chi connectivity index (χ0) is 12.8. The van der Waals surface area contributed by atoms with E-state index in [4.69, 9.17) is 0 Å². The molecule has 0 bridgehead atoms. The van der Waals surface area contributed by atoms with Gasteiger partial charge in [-0.25, -0.2) is 0 Å². The molecule has 0 saturated heterocycles. The van der Waals surface area contributed by atoms with Crippen LogP contribution in [0.1, 0.15) is 42.9 Å². The summed E-state index contributed by atoms with van der Waals surface area (Å²) < 4.78 is 0. The number of benzene rings is 1. The summed E-state index contributed by atoms with van der Waals surface area (Å²) in [6, 6.07) is 7.56. The summed E-state index contributed by atoms with van der Waals surface area (Å²) >= 11 is 0. The van der Waals surface area contributed by atoms with Crippen molar-refractivity contribution in [3.63, 3.8) is 0 Å². The molecule has 1 atom stereocenters. The molecule has 3 nitrogen and oxygen atoms in total. The zero-order valence-corrected chi connectivity index (χ0v) is 10.1. The Morgan fingerprint density at radius 1 is 1.22 bits per heavy atom. The number of carboxylic acids is 1. The first-order valence-electron chi connectivity index (χ1n) is 6.38. The highest BCUT2D eigenvalue weighted by atomic mass is 16.4. The van der Waals surface area contributed by atoms with Crippen molar-refractivity contribution in [1.82, 2.24) is 0 Å². The molecule has 1 unspecified atom stereocenters. The lowest BCUT2D eigenvalue weighted by Crippen LogP contribution is -2.28. The minimum Gasteiger partial charge on any atom is -0.481 e. The molecule has 0 amide bonds. The van der Waals surface area contributed by atoms with E-state index in [2.05, 4.69) is 0 Å². The van der Waals surface area contributed by atoms with Crippen molar-refractivity contribution >= 4 is 11.5 Å². The van der Waals surface area contributed by atoms with E-state index in [0.29, 0.717) is 12.8 Å². The highest BCUT2D eigenvalue weighted by molar-refractivity contribution is 5.95. The Balaban J connectivity index is 2.13. The van der Waals surface area contributed by atoms with Crippen LogP contribution >= 0.6 is 0 Å². The maximum atomic E-state index is 11.7. The predicted octanol–water partition coefficient (Wildman–Crippen LogP) is 2.76. The normalized spacial score (nSPS) is 24.7. The van der Waals surface area contributed by atoms with Crippen LogP contribution < -0.4 is 0 Å². The van der Waals surface area contributed by atoms with Crippen LogP contribution in [0, 0.1) is 5.41 Å². The standard InChI is InChI=1S/C15H16O3/c16-13-9-12(10-5-1-2-6-11(10)13)15(14(17)18)7-3-4-8-15/h1-2,5-6,9,13,16H,3-4,7-8H2,(H,17,18). The fraction of sp³-hybridized carbons (Fsp3) is 0.400. The van der Waals surface area contributed by atoms with E-state index >= 15 is 0 Å². The summed E-state index contributed by atoms with van der Waals surface area (Å²) in [4.78, 5) is 11.7. The quantitative estimate of drug-likeness (QED) is 0.841. The van der Waals surface area contributed by atoms with E-state index in [9.17, 15) is 15.0 Å². The molecule has 1 saturated carbocycles.